The maximum atomic E-state index is 11.6. The van der Waals surface area contributed by atoms with Crippen LogP contribution in [0, 0.1) is 0 Å². The summed E-state index contributed by atoms with van der Waals surface area (Å²) in [6.45, 7) is 1.95. The lowest BCUT2D eigenvalue weighted by atomic mass is 10.2. The Hall–Kier alpha value is -0.560. The smallest absolute Gasteiger partial charge is 0.243 e. The first-order valence-electron chi connectivity index (χ1n) is 7.82. The average molecular weight is 349 g/mol. The minimum Gasteiger partial charge on any atom is -0.356 e. The summed E-state index contributed by atoms with van der Waals surface area (Å²) in [5.41, 5.74) is 0. The van der Waals surface area contributed by atoms with E-state index >= 15 is 0 Å². The summed E-state index contributed by atoms with van der Waals surface area (Å²) in [5.74, 6) is 3.04. The lowest BCUT2D eigenvalue weighted by Gasteiger charge is -2.13. The maximum absolute atomic E-state index is 11.6. The fraction of sp³-hybridized carbons (Fsp3) is 0.867. The van der Waals surface area contributed by atoms with Crippen LogP contribution < -0.4 is 10.6 Å². The van der Waals surface area contributed by atoms with E-state index in [0.29, 0.717) is 0 Å². The first kappa shape index (κ1) is 21.4. The van der Waals surface area contributed by atoms with E-state index in [9.17, 15) is 4.79 Å². The average Bonchev–Trinajstić information content (AvgIpc) is 2.50. The number of carbonyl (C=O) groups excluding carboxylic acids is 1. The summed E-state index contributed by atoms with van der Waals surface area (Å²) in [4.78, 5) is 17.5. The Morgan fingerprint density at radius 2 is 1.59 bits per heavy atom. The molecule has 130 valence electrons. The number of nitrogens with zero attached hydrogens (tertiary/aromatic N) is 2. The second-order valence-corrected chi connectivity index (χ2v) is 7.18. The van der Waals surface area contributed by atoms with Crippen molar-refractivity contribution in [3.63, 3.8) is 0 Å². The molecule has 0 aromatic carbocycles. The van der Waals surface area contributed by atoms with E-state index in [-0.39, 0.29) is 12.5 Å². The van der Waals surface area contributed by atoms with E-state index in [2.05, 4.69) is 28.1 Å². The van der Waals surface area contributed by atoms with Crippen molar-refractivity contribution < 1.29 is 4.79 Å². The van der Waals surface area contributed by atoms with Crippen LogP contribution in [0.15, 0.2) is 4.99 Å². The van der Waals surface area contributed by atoms with Gasteiger partial charge in [0.25, 0.3) is 0 Å². The molecule has 1 amide bonds. The first-order valence-corrected chi connectivity index (χ1v) is 10.6. The van der Waals surface area contributed by atoms with Crippen LogP contribution in [0.5, 0.6) is 0 Å². The summed E-state index contributed by atoms with van der Waals surface area (Å²) in [7, 11) is 3.50. The van der Waals surface area contributed by atoms with E-state index in [0.717, 1.165) is 31.2 Å². The lowest BCUT2D eigenvalue weighted by molar-refractivity contribution is -0.127. The number of likely N-dealkylation sites (N-methyl/N-ethyl adjacent to an activating group) is 1. The molecule has 7 heteroatoms. The highest BCUT2D eigenvalue weighted by molar-refractivity contribution is 7.98. The van der Waals surface area contributed by atoms with Gasteiger partial charge in [0.05, 0.1) is 0 Å². The maximum Gasteiger partial charge on any atom is 0.243 e. The van der Waals surface area contributed by atoms with Crippen LogP contribution in [0.4, 0.5) is 0 Å². The number of unbranched alkanes of at least 4 members (excludes halogenated alkanes) is 3. The molecule has 0 unspecified atom stereocenters. The van der Waals surface area contributed by atoms with E-state index < -0.39 is 0 Å². The van der Waals surface area contributed by atoms with Crippen molar-refractivity contribution in [3.8, 4) is 0 Å². The molecule has 0 radical (unpaired) electrons. The van der Waals surface area contributed by atoms with Crippen molar-refractivity contribution in [1.29, 1.82) is 0 Å². The minimum atomic E-state index is 0.0167. The SMILES string of the molecule is CSCCCCCCNC(=NCC(=O)N(C)C)NCCSC. The molecule has 0 saturated heterocycles. The van der Waals surface area contributed by atoms with Crippen LogP contribution in [0.2, 0.25) is 0 Å². The standard InChI is InChI=1S/C15H32N4OS2/c1-19(2)14(20)13-18-15(17-10-12-22-4)16-9-7-5-6-8-11-21-3/h5-13H2,1-4H3,(H2,16,17,18). The summed E-state index contributed by atoms with van der Waals surface area (Å²) < 4.78 is 0. The van der Waals surface area contributed by atoms with Crippen LogP contribution >= 0.6 is 23.5 Å². The van der Waals surface area contributed by atoms with Gasteiger partial charge in [-0.1, -0.05) is 12.8 Å². The minimum absolute atomic E-state index is 0.0167. The Balaban J connectivity index is 4.01. The summed E-state index contributed by atoms with van der Waals surface area (Å²) in [5, 5.41) is 6.59. The van der Waals surface area contributed by atoms with Gasteiger partial charge in [-0.15, -0.1) is 0 Å². The lowest BCUT2D eigenvalue weighted by Crippen LogP contribution is -2.40. The molecule has 0 saturated carbocycles. The van der Waals surface area contributed by atoms with Crippen LogP contribution in [0.3, 0.4) is 0 Å². The largest absolute Gasteiger partial charge is 0.356 e. The highest BCUT2D eigenvalue weighted by Gasteiger charge is 2.04. The Labute approximate surface area is 144 Å². The third kappa shape index (κ3) is 13.1. The number of rotatable bonds is 12. The van der Waals surface area contributed by atoms with Crippen LogP contribution in [0.25, 0.3) is 0 Å². The summed E-state index contributed by atoms with van der Waals surface area (Å²) in [6.07, 6.45) is 9.19. The zero-order valence-corrected chi connectivity index (χ0v) is 16.1. The highest BCUT2D eigenvalue weighted by Crippen LogP contribution is 2.03. The number of guanidine groups is 1. The molecule has 0 aliphatic rings. The number of thioether (sulfide) groups is 2. The molecule has 0 aliphatic carbocycles. The molecule has 5 nitrogen and oxygen atoms in total. The van der Waals surface area contributed by atoms with Crippen molar-refractivity contribution >= 4 is 35.4 Å². The van der Waals surface area contributed by atoms with Gasteiger partial charge in [-0.25, -0.2) is 4.99 Å². The molecular formula is C15H32N4OS2. The predicted octanol–water partition coefficient (Wildman–Crippen LogP) is 1.90. The molecule has 0 heterocycles. The molecule has 2 N–H and O–H groups in total. The van der Waals surface area contributed by atoms with Crippen molar-refractivity contribution in [3.05, 3.63) is 0 Å². The zero-order valence-electron chi connectivity index (χ0n) is 14.5. The van der Waals surface area contributed by atoms with Crippen molar-refractivity contribution in [2.75, 3.05) is 57.7 Å². The number of hydrogen-bond acceptors (Lipinski definition) is 4. The fourth-order valence-electron chi connectivity index (χ4n) is 1.67. The molecule has 0 aliphatic heterocycles. The highest BCUT2D eigenvalue weighted by atomic mass is 32.2. The number of nitrogens with one attached hydrogen (secondary N) is 2. The van der Waals surface area contributed by atoms with E-state index in [1.807, 2.05) is 11.8 Å². The number of aliphatic imine (C=N–C) groups is 1. The molecular weight excluding hydrogens is 316 g/mol. The molecule has 0 aromatic heterocycles. The summed E-state index contributed by atoms with van der Waals surface area (Å²) >= 11 is 3.70. The molecule has 0 fully saturated rings. The second-order valence-electron chi connectivity index (χ2n) is 5.21. The topological polar surface area (TPSA) is 56.7 Å². The Bertz CT molecular complexity index is 312. The van der Waals surface area contributed by atoms with Gasteiger partial charge in [0.15, 0.2) is 5.96 Å². The van der Waals surface area contributed by atoms with Gasteiger partial charge in [0.1, 0.15) is 6.54 Å². The van der Waals surface area contributed by atoms with E-state index in [4.69, 9.17) is 0 Å². The predicted molar refractivity (Wildman–Crippen MR) is 102 cm³/mol. The molecule has 0 rings (SSSR count). The second kappa shape index (κ2) is 15.3. The molecule has 22 heavy (non-hydrogen) atoms. The van der Waals surface area contributed by atoms with Gasteiger partial charge in [-0.05, 0) is 31.1 Å². The van der Waals surface area contributed by atoms with Gasteiger partial charge in [0.2, 0.25) is 5.91 Å². The monoisotopic (exact) mass is 348 g/mol. The van der Waals surface area contributed by atoms with E-state index in [1.165, 1.54) is 25.0 Å². The van der Waals surface area contributed by atoms with Crippen molar-refractivity contribution in [1.82, 2.24) is 15.5 Å². The Kier molecular flexibility index (Phi) is 14.9. The normalized spacial score (nSPS) is 11.4. The van der Waals surface area contributed by atoms with Crippen LogP contribution in [-0.2, 0) is 4.79 Å². The Morgan fingerprint density at radius 1 is 0.955 bits per heavy atom. The number of amides is 1. The third-order valence-corrected chi connectivity index (χ3v) is 4.35. The number of carbonyl (C=O) groups is 1. The number of hydrogen-bond donors (Lipinski definition) is 2. The zero-order chi connectivity index (χ0) is 16.6. The fourth-order valence-corrected chi connectivity index (χ4v) is 2.46. The van der Waals surface area contributed by atoms with Crippen LogP contribution in [-0.4, -0.2) is 74.5 Å². The van der Waals surface area contributed by atoms with Gasteiger partial charge < -0.3 is 15.5 Å². The van der Waals surface area contributed by atoms with Gasteiger partial charge in [-0.2, -0.15) is 23.5 Å². The van der Waals surface area contributed by atoms with Gasteiger partial charge in [0, 0.05) is 32.9 Å². The van der Waals surface area contributed by atoms with Crippen LogP contribution in [0.1, 0.15) is 25.7 Å². The summed E-state index contributed by atoms with van der Waals surface area (Å²) in [6, 6.07) is 0. The van der Waals surface area contributed by atoms with Crippen molar-refractivity contribution in [2.45, 2.75) is 25.7 Å². The Morgan fingerprint density at radius 3 is 2.23 bits per heavy atom. The molecule has 0 atom stereocenters. The van der Waals surface area contributed by atoms with Crippen molar-refractivity contribution in [2.24, 2.45) is 4.99 Å². The third-order valence-electron chi connectivity index (χ3n) is 3.04. The van der Waals surface area contributed by atoms with E-state index in [1.54, 1.807) is 30.8 Å². The quantitative estimate of drug-likeness (QED) is 0.320. The first-order chi connectivity index (χ1) is 10.6. The molecule has 0 spiro atoms. The van der Waals surface area contributed by atoms with Gasteiger partial charge in [-0.3, -0.25) is 4.79 Å². The molecule has 0 aromatic rings. The van der Waals surface area contributed by atoms with Gasteiger partial charge >= 0.3 is 0 Å². The molecule has 0 bridgehead atoms.